The lowest BCUT2D eigenvalue weighted by atomic mass is 10.2. The average molecular weight is 273 g/mol. The second-order valence-corrected chi connectivity index (χ2v) is 6.85. The number of rotatable bonds is 2. The van der Waals surface area contributed by atoms with Gasteiger partial charge in [-0.1, -0.05) is 0 Å². The largest absolute Gasteiger partial charge is 0.480 e. The molecule has 1 aromatic carbocycles. The number of carboxylic acid groups (broad SMARTS) is 1. The van der Waals surface area contributed by atoms with Crippen LogP contribution in [0.2, 0.25) is 0 Å². The van der Waals surface area contributed by atoms with Gasteiger partial charge in [-0.05, 0) is 18.2 Å². The highest BCUT2D eigenvalue weighted by atomic mass is 32.2. The standard InChI is InChI=1S/C10H11NO4S2/c1-17(14,15)6-2-3-7-9(4-6)16-5-8(11-7)10(12)13/h2-4,8,11H,5H2,1H3,(H,12,13). The highest BCUT2D eigenvalue weighted by molar-refractivity contribution is 7.99. The highest BCUT2D eigenvalue weighted by Gasteiger charge is 2.24. The van der Waals surface area contributed by atoms with Crippen LogP contribution >= 0.6 is 11.8 Å². The Hall–Kier alpha value is -1.21. The summed E-state index contributed by atoms with van der Waals surface area (Å²) in [6, 6.07) is 4.02. The minimum absolute atomic E-state index is 0.249. The van der Waals surface area contributed by atoms with Gasteiger partial charge in [0.15, 0.2) is 9.84 Å². The molecule has 92 valence electrons. The van der Waals surface area contributed by atoms with Crippen molar-refractivity contribution >= 4 is 33.3 Å². The molecule has 1 aliphatic heterocycles. The Morgan fingerprint density at radius 1 is 1.53 bits per heavy atom. The van der Waals surface area contributed by atoms with Crippen LogP contribution in [0, 0.1) is 0 Å². The van der Waals surface area contributed by atoms with Crippen LogP contribution in [0.4, 0.5) is 5.69 Å². The first-order valence-electron chi connectivity index (χ1n) is 4.84. The quantitative estimate of drug-likeness (QED) is 0.838. The fraction of sp³-hybridized carbons (Fsp3) is 0.300. The van der Waals surface area contributed by atoms with Crippen LogP contribution in [0.1, 0.15) is 0 Å². The normalized spacial score (nSPS) is 19.2. The van der Waals surface area contributed by atoms with E-state index in [9.17, 15) is 13.2 Å². The van der Waals surface area contributed by atoms with E-state index in [0.29, 0.717) is 11.4 Å². The zero-order valence-corrected chi connectivity index (χ0v) is 10.6. The van der Waals surface area contributed by atoms with Gasteiger partial charge in [0.05, 0.1) is 4.90 Å². The predicted molar refractivity (Wildman–Crippen MR) is 65.3 cm³/mol. The molecule has 1 atom stereocenters. The number of hydrogen-bond donors (Lipinski definition) is 2. The first kappa shape index (κ1) is 12.3. The fourth-order valence-electron chi connectivity index (χ4n) is 1.51. The van der Waals surface area contributed by atoms with Gasteiger partial charge in [-0.25, -0.2) is 13.2 Å². The first-order chi connectivity index (χ1) is 7.88. The van der Waals surface area contributed by atoms with Gasteiger partial charge in [0, 0.05) is 22.6 Å². The minimum atomic E-state index is -3.22. The zero-order valence-electron chi connectivity index (χ0n) is 9.00. The molecule has 0 amide bonds. The molecule has 0 aromatic heterocycles. The lowest BCUT2D eigenvalue weighted by Crippen LogP contribution is -2.34. The maximum Gasteiger partial charge on any atom is 0.326 e. The number of hydrogen-bond acceptors (Lipinski definition) is 5. The molecule has 1 unspecified atom stereocenters. The minimum Gasteiger partial charge on any atom is -0.480 e. The summed E-state index contributed by atoms with van der Waals surface area (Å²) in [5, 5.41) is 11.7. The molecule has 17 heavy (non-hydrogen) atoms. The van der Waals surface area contributed by atoms with Crippen molar-refractivity contribution in [1.82, 2.24) is 0 Å². The van der Waals surface area contributed by atoms with Crippen molar-refractivity contribution in [3.8, 4) is 0 Å². The Morgan fingerprint density at radius 2 is 2.24 bits per heavy atom. The van der Waals surface area contributed by atoms with Crippen LogP contribution in [0.25, 0.3) is 0 Å². The van der Waals surface area contributed by atoms with Crippen molar-refractivity contribution in [2.75, 3.05) is 17.3 Å². The van der Waals surface area contributed by atoms with Gasteiger partial charge in [0.2, 0.25) is 0 Å². The van der Waals surface area contributed by atoms with E-state index < -0.39 is 21.8 Å². The van der Waals surface area contributed by atoms with Crippen molar-refractivity contribution < 1.29 is 18.3 Å². The smallest absolute Gasteiger partial charge is 0.326 e. The molecule has 2 rings (SSSR count). The molecular weight excluding hydrogens is 262 g/mol. The monoisotopic (exact) mass is 273 g/mol. The summed E-state index contributed by atoms with van der Waals surface area (Å²) in [6.45, 7) is 0. The van der Waals surface area contributed by atoms with E-state index in [1.54, 1.807) is 12.1 Å². The second kappa shape index (κ2) is 4.23. The Balaban J connectivity index is 2.35. The van der Waals surface area contributed by atoms with Crippen LogP contribution in [0.5, 0.6) is 0 Å². The van der Waals surface area contributed by atoms with Crippen molar-refractivity contribution in [2.45, 2.75) is 15.8 Å². The number of thioether (sulfide) groups is 1. The SMILES string of the molecule is CS(=O)(=O)c1ccc2c(c1)SCC(C(=O)O)N2. The zero-order chi connectivity index (χ0) is 12.6. The Bertz CT molecular complexity index is 568. The predicted octanol–water partition coefficient (Wildman–Crippen LogP) is 1.06. The summed E-state index contributed by atoms with van der Waals surface area (Å²) < 4.78 is 22.7. The maximum absolute atomic E-state index is 11.4. The first-order valence-corrected chi connectivity index (χ1v) is 7.72. The number of anilines is 1. The average Bonchev–Trinajstić information content (AvgIpc) is 2.26. The van der Waals surface area contributed by atoms with Crippen LogP contribution in [-0.2, 0) is 14.6 Å². The summed E-state index contributed by atoms with van der Waals surface area (Å²) >= 11 is 1.35. The lowest BCUT2D eigenvalue weighted by Gasteiger charge is -2.23. The van der Waals surface area contributed by atoms with E-state index in [2.05, 4.69) is 5.32 Å². The van der Waals surface area contributed by atoms with E-state index in [4.69, 9.17) is 5.11 Å². The molecule has 5 nitrogen and oxygen atoms in total. The number of carboxylic acids is 1. The molecule has 0 aliphatic carbocycles. The molecule has 2 N–H and O–H groups in total. The molecule has 0 spiro atoms. The topological polar surface area (TPSA) is 83.5 Å². The van der Waals surface area contributed by atoms with Crippen molar-refractivity contribution in [1.29, 1.82) is 0 Å². The summed E-state index contributed by atoms with van der Waals surface area (Å²) in [6.07, 6.45) is 1.15. The van der Waals surface area contributed by atoms with Gasteiger partial charge in [-0.2, -0.15) is 0 Å². The lowest BCUT2D eigenvalue weighted by molar-refractivity contribution is -0.137. The van der Waals surface area contributed by atoms with Crippen LogP contribution in [0.15, 0.2) is 28.0 Å². The van der Waals surface area contributed by atoms with E-state index in [1.165, 1.54) is 17.8 Å². The maximum atomic E-state index is 11.4. The van der Waals surface area contributed by atoms with E-state index >= 15 is 0 Å². The van der Waals surface area contributed by atoms with Gasteiger partial charge >= 0.3 is 5.97 Å². The Morgan fingerprint density at radius 3 is 2.82 bits per heavy atom. The Labute approximate surface area is 103 Å². The summed E-state index contributed by atoms with van der Waals surface area (Å²) in [5.41, 5.74) is 0.668. The highest BCUT2D eigenvalue weighted by Crippen LogP contribution is 2.34. The number of carbonyl (C=O) groups is 1. The molecule has 0 radical (unpaired) electrons. The Kier molecular flexibility index (Phi) is 3.05. The van der Waals surface area contributed by atoms with E-state index in [1.807, 2.05) is 0 Å². The van der Waals surface area contributed by atoms with E-state index in [-0.39, 0.29) is 4.90 Å². The summed E-state index contributed by atoms with van der Waals surface area (Å²) in [4.78, 5) is 11.8. The molecule has 0 saturated carbocycles. The molecule has 0 fully saturated rings. The number of sulfone groups is 1. The molecule has 0 saturated heterocycles. The third-order valence-electron chi connectivity index (χ3n) is 2.41. The third-order valence-corrected chi connectivity index (χ3v) is 4.67. The molecular formula is C10H11NO4S2. The number of benzene rings is 1. The van der Waals surface area contributed by atoms with Gasteiger partial charge in [-0.3, -0.25) is 0 Å². The van der Waals surface area contributed by atoms with Gasteiger partial charge in [0.25, 0.3) is 0 Å². The summed E-state index contributed by atoms with van der Waals surface area (Å²) in [7, 11) is -3.22. The number of nitrogens with one attached hydrogen (secondary N) is 1. The fourth-order valence-corrected chi connectivity index (χ4v) is 3.29. The number of fused-ring (bicyclic) bond motifs is 1. The second-order valence-electron chi connectivity index (χ2n) is 3.78. The van der Waals surface area contributed by atoms with Gasteiger partial charge < -0.3 is 10.4 Å². The molecule has 1 aliphatic rings. The molecule has 1 heterocycles. The third kappa shape index (κ3) is 2.55. The van der Waals surface area contributed by atoms with Crippen molar-refractivity contribution in [2.24, 2.45) is 0 Å². The molecule has 7 heteroatoms. The number of aliphatic carboxylic acids is 1. The summed E-state index contributed by atoms with van der Waals surface area (Å²) in [5.74, 6) is -0.523. The van der Waals surface area contributed by atoms with Crippen LogP contribution in [0.3, 0.4) is 0 Å². The molecule has 1 aromatic rings. The van der Waals surface area contributed by atoms with Gasteiger partial charge in [0.1, 0.15) is 6.04 Å². The van der Waals surface area contributed by atoms with Crippen molar-refractivity contribution in [3.63, 3.8) is 0 Å². The van der Waals surface area contributed by atoms with Gasteiger partial charge in [-0.15, -0.1) is 11.8 Å². The van der Waals surface area contributed by atoms with E-state index in [0.717, 1.165) is 11.2 Å². The van der Waals surface area contributed by atoms with Crippen LogP contribution < -0.4 is 5.32 Å². The van der Waals surface area contributed by atoms with Crippen molar-refractivity contribution in [3.05, 3.63) is 18.2 Å². The van der Waals surface area contributed by atoms with Crippen LogP contribution in [-0.4, -0.2) is 37.5 Å². The molecule has 0 bridgehead atoms.